The molecule has 0 fully saturated rings. The maximum Gasteiger partial charge on any atom is 0.280 e. The van der Waals surface area contributed by atoms with Crippen LogP contribution in [0.3, 0.4) is 0 Å². The number of aromatic nitrogens is 2. The molecule has 23 heavy (non-hydrogen) atoms. The molecule has 4 N–H and O–H groups in total. The number of aromatic amines is 1. The quantitative estimate of drug-likeness (QED) is 0.804. The number of hydrogen-bond acceptors (Lipinski definition) is 6. The Morgan fingerprint density at radius 1 is 1.30 bits per heavy atom. The molecule has 1 aromatic carbocycles. The number of aryl methyl sites for hydroxylation is 1. The lowest BCUT2D eigenvalue weighted by Gasteiger charge is -2.32. The van der Waals surface area contributed by atoms with Crippen molar-refractivity contribution in [3.8, 4) is 5.75 Å². The molecule has 2 aromatic rings. The van der Waals surface area contributed by atoms with E-state index < -0.39 is 5.54 Å². The Morgan fingerprint density at radius 2 is 2.04 bits per heavy atom. The molecule has 3 rings (SSSR count). The lowest BCUT2D eigenvalue weighted by Crippen LogP contribution is -2.46. The largest absolute Gasteiger partial charge is 0.487 e. The van der Waals surface area contributed by atoms with Crippen LogP contribution in [0.1, 0.15) is 19.4 Å². The van der Waals surface area contributed by atoms with E-state index in [1.54, 1.807) is 0 Å². The lowest BCUT2D eigenvalue weighted by molar-refractivity contribution is 0.366. The first-order chi connectivity index (χ1) is 10.9. The van der Waals surface area contributed by atoms with Crippen molar-refractivity contribution in [1.29, 1.82) is 0 Å². The first kappa shape index (κ1) is 15.1. The molecule has 7 nitrogen and oxygen atoms in total. The van der Waals surface area contributed by atoms with E-state index in [4.69, 9.17) is 10.5 Å². The highest BCUT2D eigenvalue weighted by Gasteiger charge is 2.32. The van der Waals surface area contributed by atoms with Gasteiger partial charge in [-0.05, 0) is 32.4 Å². The third-order valence-electron chi connectivity index (χ3n) is 3.77. The van der Waals surface area contributed by atoms with Crippen molar-refractivity contribution in [3.63, 3.8) is 0 Å². The van der Waals surface area contributed by atoms with Gasteiger partial charge in [0.15, 0.2) is 11.5 Å². The van der Waals surface area contributed by atoms with Crippen LogP contribution in [0.15, 0.2) is 34.1 Å². The van der Waals surface area contributed by atoms with E-state index in [9.17, 15) is 4.79 Å². The Labute approximate surface area is 133 Å². The van der Waals surface area contributed by atoms with Gasteiger partial charge < -0.3 is 15.8 Å². The molecular weight excluding hydrogens is 294 g/mol. The van der Waals surface area contributed by atoms with Gasteiger partial charge in [-0.1, -0.05) is 18.2 Å². The van der Waals surface area contributed by atoms with Gasteiger partial charge in [0.1, 0.15) is 12.4 Å². The van der Waals surface area contributed by atoms with E-state index in [1.165, 1.54) is 0 Å². The second-order valence-corrected chi connectivity index (χ2v) is 6.01. The van der Waals surface area contributed by atoms with Crippen molar-refractivity contribution in [2.75, 3.05) is 17.7 Å². The third-order valence-corrected chi connectivity index (χ3v) is 3.77. The highest BCUT2D eigenvalue weighted by Crippen LogP contribution is 2.29. The number of hydrogen-bond donors (Lipinski definition) is 3. The summed E-state index contributed by atoms with van der Waals surface area (Å²) in [5.74, 6) is 1.24. The number of aliphatic imine (C=N–C) groups is 1. The van der Waals surface area contributed by atoms with Crippen molar-refractivity contribution in [3.05, 3.63) is 40.2 Å². The smallest absolute Gasteiger partial charge is 0.280 e. The van der Waals surface area contributed by atoms with Crippen LogP contribution in [-0.4, -0.2) is 27.8 Å². The highest BCUT2D eigenvalue weighted by atomic mass is 16.5. The van der Waals surface area contributed by atoms with Crippen molar-refractivity contribution in [1.82, 2.24) is 9.97 Å². The Balaban J connectivity index is 1.93. The van der Waals surface area contributed by atoms with Gasteiger partial charge in [-0.15, -0.1) is 0 Å². The summed E-state index contributed by atoms with van der Waals surface area (Å²) >= 11 is 0. The maximum atomic E-state index is 12.0. The third kappa shape index (κ3) is 2.90. The number of anilines is 2. The van der Waals surface area contributed by atoms with Gasteiger partial charge in [0, 0.05) is 0 Å². The molecule has 1 aliphatic rings. The number of fused-ring (bicyclic) bond motifs is 1. The molecule has 0 atom stereocenters. The van der Waals surface area contributed by atoms with E-state index in [0.717, 1.165) is 11.3 Å². The van der Waals surface area contributed by atoms with Crippen LogP contribution in [0, 0.1) is 6.92 Å². The zero-order valence-corrected chi connectivity index (χ0v) is 13.3. The van der Waals surface area contributed by atoms with Gasteiger partial charge in [0.25, 0.3) is 5.56 Å². The van der Waals surface area contributed by atoms with Gasteiger partial charge in [-0.2, -0.15) is 4.98 Å². The predicted octanol–water partition coefficient (Wildman–Crippen LogP) is 2.02. The van der Waals surface area contributed by atoms with Crippen LogP contribution >= 0.6 is 0 Å². The summed E-state index contributed by atoms with van der Waals surface area (Å²) < 4.78 is 5.86. The average molecular weight is 313 g/mol. The second-order valence-electron chi connectivity index (χ2n) is 6.01. The monoisotopic (exact) mass is 313 g/mol. The van der Waals surface area contributed by atoms with Crippen LogP contribution in [0.4, 0.5) is 17.5 Å². The summed E-state index contributed by atoms with van der Waals surface area (Å²) in [7, 11) is 0. The van der Waals surface area contributed by atoms with Gasteiger partial charge in [0.05, 0.1) is 11.3 Å². The summed E-state index contributed by atoms with van der Waals surface area (Å²) in [6.45, 7) is 6.16. The molecule has 0 bridgehead atoms. The number of para-hydroxylation sites is 1. The van der Waals surface area contributed by atoms with Crippen LogP contribution in [-0.2, 0) is 0 Å². The van der Waals surface area contributed by atoms with E-state index in [1.807, 2.05) is 45.0 Å². The maximum absolute atomic E-state index is 12.0. The molecule has 0 spiro atoms. The second kappa shape index (κ2) is 5.42. The van der Waals surface area contributed by atoms with Gasteiger partial charge >= 0.3 is 0 Å². The molecule has 0 amide bonds. The minimum absolute atomic E-state index is 0.0619. The molecule has 120 valence electrons. The number of nitrogens with zero attached hydrogens (tertiary/aromatic N) is 2. The Bertz CT molecular complexity index is 839. The summed E-state index contributed by atoms with van der Waals surface area (Å²) in [6, 6.07) is 7.76. The van der Waals surface area contributed by atoms with Crippen molar-refractivity contribution in [2.24, 2.45) is 4.99 Å². The Hall–Kier alpha value is -2.83. The number of nitrogens with one attached hydrogen (secondary N) is 2. The summed E-state index contributed by atoms with van der Waals surface area (Å²) in [6.07, 6.45) is 0. The molecular formula is C16H19N5O2. The molecule has 7 heteroatoms. The number of ether oxygens (including phenoxy) is 1. The van der Waals surface area contributed by atoms with Crippen LogP contribution in [0.2, 0.25) is 0 Å². The predicted molar refractivity (Wildman–Crippen MR) is 90.7 cm³/mol. The molecule has 0 saturated heterocycles. The fraction of sp³-hybridized carbons (Fsp3) is 0.312. The average Bonchev–Trinajstić information content (AvgIpc) is 2.46. The van der Waals surface area contributed by atoms with Crippen molar-refractivity contribution < 1.29 is 4.74 Å². The first-order valence-corrected chi connectivity index (χ1v) is 7.31. The molecule has 0 unspecified atom stereocenters. The van der Waals surface area contributed by atoms with E-state index >= 15 is 0 Å². The van der Waals surface area contributed by atoms with Crippen LogP contribution in [0.5, 0.6) is 5.75 Å². The molecule has 2 heterocycles. The topological polar surface area (TPSA) is 105 Å². The van der Waals surface area contributed by atoms with Crippen LogP contribution < -0.4 is 21.3 Å². The SMILES string of the molecule is Cc1ccccc1OCC1=Nc2c(nc(N)[nH]c2=O)NC1(C)C. The first-order valence-electron chi connectivity index (χ1n) is 7.31. The Morgan fingerprint density at radius 3 is 2.78 bits per heavy atom. The number of H-pyrrole nitrogens is 1. The number of nitrogen functional groups attached to an aromatic ring is 1. The number of nitrogens with two attached hydrogens (primary N) is 1. The molecule has 1 aromatic heterocycles. The van der Waals surface area contributed by atoms with Gasteiger partial charge in [-0.3, -0.25) is 9.78 Å². The zero-order valence-electron chi connectivity index (χ0n) is 13.3. The van der Waals surface area contributed by atoms with E-state index in [0.29, 0.717) is 11.5 Å². The zero-order chi connectivity index (χ0) is 16.6. The van der Waals surface area contributed by atoms with Crippen LogP contribution in [0.25, 0.3) is 0 Å². The van der Waals surface area contributed by atoms with E-state index in [-0.39, 0.29) is 23.8 Å². The van der Waals surface area contributed by atoms with Crippen molar-refractivity contribution in [2.45, 2.75) is 26.3 Å². The fourth-order valence-corrected chi connectivity index (χ4v) is 2.40. The number of benzene rings is 1. The van der Waals surface area contributed by atoms with Gasteiger partial charge in [-0.25, -0.2) is 4.99 Å². The number of rotatable bonds is 3. The summed E-state index contributed by atoms with van der Waals surface area (Å²) in [4.78, 5) is 23.0. The normalized spacial score (nSPS) is 15.3. The standard InChI is InChI=1S/C16H19N5O2/c1-9-6-4-5-7-10(9)23-8-11-16(2,3)21-13-12(18-11)14(22)20-15(17)19-13/h4-7H,8H2,1-3H3,(H4,17,19,20,21,22). The molecule has 0 aliphatic carbocycles. The lowest BCUT2D eigenvalue weighted by atomic mass is 9.96. The Kier molecular flexibility index (Phi) is 3.55. The fourth-order valence-electron chi connectivity index (χ4n) is 2.40. The molecule has 1 aliphatic heterocycles. The summed E-state index contributed by atoms with van der Waals surface area (Å²) in [5, 5.41) is 3.20. The highest BCUT2D eigenvalue weighted by molar-refractivity contribution is 6.01. The minimum atomic E-state index is -0.497. The summed E-state index contributed by atoms with van der Waals surface area (Å²) in [5.41, 5.74) is 6.69. The molecule has 0 saturated carbocycles. The van der Waals surface area contributed by atoms with Crippen molar-refractivity contribution >= 4 is 23.2 Å². The minimum Gasteiger partial charge on any atom is -0.487 e. The van der Waals surface area contributed by atoms with Gasteiger partial charge in [0.2, 0.25) is 5.95 Å². The van der Waals surface area contributed by atoms with E-state index in [2.05, 4.69) is 20.3 Å². The molecule has 0 radical (unpaired) electrons.